The van der Waals surface area contributed by atoms with Gasteiger partial charge in [-0.25, -0.2) is 4.90 Å². The van der Waals surface area contributed by atoms with Gasteiger partial charge in [-0.2, -0.15) is 0 Å². The second-order valence-electron chi connectivity index (χ2n) is 11.0. The average Bonchev–Trinajstić information content (AvgIpc) is 3.22. The molecular weight excluding hydrogens is 402 g/mol. The van der Waals surface area contributed by atoms with Crippen LogP contribution in [-0.4, -0.2) is 41.2 Å². The van der Waals surface area contributed by atoms with Crippen LogP contribution in [0.1, 0.15) is 64.7 Å². The van der Waals surface area contributed by atoms with E-state index in [-0.39, 0.29) is 23.1 Å². The van der Waals surface area contributed by atoms with Crippen molar-refractivity contribution < 1.29 is 14.4 Å². The molecule has 6 heteroatoms. The first kappa shape index (κ1) is 21.6. The second kappa shape index (κ2) is 8.29. The molecule has 2 atom stereocenters. The number of amides is 3. The van der Waals surface area contributed by atoms with E-state index in [0.29, 0.717) is 25.1 Å². The smallest absolute Gasteiger partial charge is 0.256 e. The number of likely N-dealkylation sites (tertiary alicyclic amines) is 1. The van der Waals surface area contributed by atoms with Crippen molar-refractivity contribution in [2.75, 3.05) is 11.4 Å². The van der Waals surface area contributed by atoms with Crippen molar-refractivity contribution in [3.05, 3.63) is 30.3 Å². The Kier molecular flexibility index (Phi) is 5.60. The molecule has 4 saturated carbocycles. The zero-order valence-electron chi connectivity index (χ0n) is 19.0. The Morgan fingerprint density at radius 3 is 2.22 bits per heavy atom. The molecule has 1 aromatic rings. The van der Waals surface area contributed by atoms with Gasteiger partial charge in [-0.1, -0.05) is 18.2 Å². The lowest BCUT2D eigenvalue weighted by molar-refractivity contribution is -0.140. The molecule has 0 spiro atoms. The van der Waals surface area contributed by atoms with Gasteiger partial charge < -0.3 is 10.6 Å². The van der Waals surface area contributed by atoms with Crippen LogP contribution in [0.4, 0.5) is 5.69 Å². The summed E-state index contributed by atoms with van der Waals surface area (Å²) in [6.45, 7) is 2.16. The van der Waals surface area contributed by atoms with Crippen molar-refractivity contribution in [3.8, 4) is 0 Å². The zero-order chi connectivity index (χ0) is 22.5. The van der Waals surface area contributed by atoms with Gasteiger partial charge in [0.2, 0.25) is 11.8 Å². The highest BCUT2D eigenvalue weighted by molar-refractivity contribution is 6.17. The summed E-state index contributed by atoms with van der Waals surface area (Å²) in [4.78, 5) is 43.2. The molecule has 0 aromatic heterocycles. The molecule has 1 aromatic carbocycles. The minimum Gasteiger partial charge on any atom is -0.329 e. The Labute approximate surface area is 190 Å². The Morgan fingerprint density at radius 2 is 1.66 bits per heavy atom. The van der Waals surface area contributed by atoms with Crippen LogP contribution in [0, 0.1) is 23.2 Å². The van der Waals surface area contributed by atoms with Crippen molar-refractivity contribution in [1.29, 1.82) is 0 Å². The number of imide groups is 1. The van der Waals surface area contributed by atoms with Gasteiger partial charge in [0.15, 0.2) is 0 Å². The maximum Gasteiger partial charge on any atom is 0.256 e. The van der Waals surface area contributed by atoms with Crippen LogP contribution in [0.25, 0.3) is 0 Å². The monoisotopic (exact) mass is 437 g/mol. The quantitative estimate of drug-likeness (QED) is 0.764. The summed E-state index contributed by atoms with van der Waals surface area (Å²) in [5, 5.41) is 0. The maximum atomic E-state index is 13.8. The largest absolute Gasteiger partial charge is 0.329 e. The molecule has 6 nitrogen and oxygen atoms in total. The third-order valence-electron chi connectivity index (χ3n) is 8.39. The summed E-state index contributed by atoms with van der Waals surface area (Å²) in [7, 11) is 0. The molecule has 1 saturated heterocycles. The number of nitrogens with two attached hydrogens (primary N) is 1. The fourth-order valence-corrected chi connectivity index (χ4v) is 7.58. The van der Waals surface area contributed by atoms with Crippen LogP contribution in [0.5, 0.6) is 0 Å². The first-order valence-corrected chi connectivity index (χ1v) is 12.3. The standard InChI is InChI=1S/C26H35N3O3/c1-17(27)24(31)28-9-5-8-22(28)25(32)29(21-6-3-2-4-7-21)23(30)16-26-13-18-10-19(14-26)12-20(11-18)15-26/h2-4,6-7,17-20,22H,5,8-16,27H2,1H3/t17-,18?,19?,20?,22-,26?/m0/s1. The van der Waals surface area contributed by atoms with Crippen LogP contribution >= 0.6 is 0 Å². The number of carbonyl (C=O) groups is 3. The normalized spacial score (nSPS) is 33.9. The van der Waals surface area contributed by atoms with E-state index < -0.39 is 12.1 Å². The van der Waals surface area contributed by atoms with Crippen LogP contribution in [0.2, 0.25) is 0 Å². The van der Waals surface area contributed by atoms with Crippen molar-refractivity contribution in [2.45, 2.75) is 76.8 Å². The highest BCUT2D eigenvalue weighted by Gasteiger charge is 2.52. The minimum atomic E-state index is -0.656. The molecule has 172 valence electrons. The molecule has 3 amide bonds. The van der Waals surface area contributed by atoms with Gasteiger partial charge in [0.25, 0.3) is 5.91 Å². The predicted molar refractivity (Wildman–Crippen MR) is 123 cm³/mol. The number of nitrogens with zero attached hydrogens (tertiary/aromatic N) is 2. The SMILES string of the molecule is C[C@H](N)C(=O)N1CCC[C@H]1C(=O)N(C(=O)CC12CC3CC(CC(C3)C1)C2)c1ccccc1. The summed E-state index contributed by atoms with van der Waals surface area (Å²) in [6.07, 6.45) is 9.11. The van der Waals surface area contributed by atoms with Crippen LogP contribution in [0.15, 0.2) is 30.3 Å². The third-order valence-corrected chi connectivity index (χ3v) is 8.39. The molecule has 0 radical (unpaired) electrons. The number of hydrogen-bond donors (Lipinski definition) is 1. The molecule has 1 aliphatic heterocycles. The molecule has 32 heavy (non-hydrogen) atoms. The highest BCUT2D eigenvalue weighted by Crippen LogP contribution is 2.61. The summed E-state index contributed by atoms with van der Waals surface area (Å²) in [6, 6.07) is 7.97. The topological polar surface area (TPSA) is 83.7 Å². The fraction of sp³-hybridized carbons (Fsp3) is 0.654. The lowest BCUT2D eigenvalue weighted by Gasteiger charge is -2.57. The van der Waals surface area contributed by atoms with Gasteiger partial charge in [-0.05, 0) is 93.6 Å². The van der Waals surface area contributed by atoms with E-state index in [2.05, 4.69) is 0 Å². The number of hydrogen-bond acceptors (Lipinski definition) is 4. The molecule has 0 unspecified atom stereocenters. The van der Waals surface area contributed by atoms with Gasteiger partial charge in [0.1, 0.15) is 6.04 Å². The van der Waals surface area contributed by atoms with Gasteiger partial charge in [0.05, 0.1) is 11.7 Å². The lowest BCUT2D eigenvalue weighted by atomic mass is 9.49. The maximum absolute atomic E-state index is 13.8. The minimum absolute atomic E-state index is 0.0517. The van der Waals surface area contributed by atoms with Crippen LogP contribution < -0.4 is 10.6 Å². The van der Waals surface area contributed by atoms with E-state index in [0.717, 1.165) is 43.4 Å². The van der Waals surface area contributed by atoms with Gasteiger partial charge >= 0.3 is 0 Å². The molecule has 5 aliphatic rings. The Hall–Kier alpha value is -2.21. The summed E-state index contributed by atoms with van der Waals surface area (Å²) >= 11 is 0. The lowest BCUT2D eigenvalue weighted by Crippen LogP contribution is -2.54. The molecular formula is C26H35N3O3. The van der Waals surface area contributed by atoms with Crippen molar-refractivity contribution >= 4 is 23.4 Å². The summed E-state index contributed by atoms with van der Waals surface area (Å²) in [5.74, 6) is 1.65. The Balaban J connectivity index is 1.41. The summed E-state index contributed by atoms with van der Waals surface area (Å²) < 4.78 is 0. The third kappa shape index (κ3) is 3.87. The Bertz CT molecular complexity index is 862. The van der Waals surface area contributed by atoms with E-state index in [9.17, 15) is 14.4 Å². The van der Waals surface area contributed by atoms with Crippen LogP contribution in [0.3, 0.4) is 0 Å². The molecule has 6 rings (SSSR count). The summed E-state index contributed by atoms with van der Waals surface area (Å²) in [5.41, 5.74) is 6.49. The first-order valence-electron chi connectivity index (χ1n) is 12.3. The van der Waals surface area contributed by atoms with Crippen LogP contribution in [-0.2, 0) is 14.4 Å². The van der Waals surface area contributed by atoms with Crippen molar-refractivity contribution in [2.24, 2.45) is 28.9 Å². The fourth-order valence-electron chi connectivity index (χ4n) is 7.58. The highest BCUT2D eigenvalue weighted by atomic mass is 16.2. The zero-order valence-corrected chi connectivity index (χ0v) is 19.0. The number of carbonyl (C=O) groups excluding carboxylic acids is 3. The van der Waals surface area contributed by atoms with E-state index >= 15 is 0 Å². The molecule has 5 fully saturated rings. The average molecular weight is 438 g/mol. The molecule has 2 N–H and O–H groups in total. The predicted octanol–water partition coefficient (Wildman–Crippen LogP) is 3.49. The van der Waals surface area contributed by atoms with E-state index in [1.165, 1.54) is 24.2 Å². The second-order valence-corrected chi connectivity index (χ2v) is 11.0. The first-order chi connectivity index (χ1) is 15.3. The van der Waals surface area contributed by atoms with Crippen molar-refractivity contribution in [3.63, 3.8) is 0 Å². The number of para-hydroxylation sites is 1. The van der Waals surface area contributed by atoms with E-state index in [1.807, 2.05) is 30.3 Å². The van der Waals surface area contributed by atoms with Gasteiger partial charge in [0, 0.05) is 13.0 Å². The number of rotatable bonds is 5. The Morgan fingerprint density at radius 1 is 1.06 bits per heavy atom. The van der Waals surface area contributed by atoms with Gasteiger partial charge in [-0.15, -0.1) is 0 Å². The molecule has 1 heterocycles. The number of anilines is 1. The van der Waals surface area contributed by atoms with E-state index in [1.54, 1.807) is 11.8 Å². The van der Waals surface area contributed by atoms with Gasteiger partial charge in [-0.3, -0.25) is 14.4 Å². The number of benzene rings is 1. The molecule has 4 aliphatic carbocycles. The van der Waals surface area contributed by atoms with Crippen molar-refractivity contribution in [1.82, 2.24) is 4.90 Å². The molecule has 4 bridgehead atoms. The van der Waals surface area contributed by atoms with E-state index in [4.69, 9.17) is 5.73 Å².